The lowest BCUT2D eigenvalue weighted by Gasteiger charge is -2.17. The van der Waals surface area contributed by atoms with E-state index in [0.29, 0.717) is 0 Å². The summed E-state index contributed by atoms with van der Waals surface area (Å²) in [5.74, 6) is 0. The number of nitrogens with zero attached hydrogens (tertiary/aromatic N) is 5. The lowest BCUT2D eigenvalue weighted by Crippen LogP contribution is -2.31. The van der Waals surface area contributed by atoms with Crippen LogP contribution in [0.15, 0.2) is 35.7 Å². The minimum Gasteiger partial charge on any atom is -0.394 e. The van der Waals surface area contributed by atoms with Crippen molar-refractivity contribution in [2.24, 2.45) is 5.11 Å². The quantitative estimate of drug-likeness (QED) is 0.493. The molecule has 0 amide bonds. The number of azide groups is 1. The van der Waals surface area contributed by atoms with Gasteiger partial charge in [0.1, 0.15) is 6.10 Å². The van der Waals surface area contributed by atoms with E-state index in [4.69, 9.17) is 10.3 Å². The molecule has 104 valence electrons. The first-order valence-corrected chi connectivity index (χ1v) is 6.16. The molecule has 0 radical (unpaired) electrons. The number of rotatable bonds is 3. The van der Waals surface area contributed by atoms with Gasteiger partial charge in [-0.05, 0) is 17.7 Å². The first-order valence-electron chi connectivity index (χ1n) is 6.16. The van der Waals surface area contributed by atoms with Gasteiger partial charge in [0.2, 0.25) is 0 Å². The summed E-state index contributed by atoms with van der Waals surface area (Å²) in [7, 11) is 0. The van der Waals surface area contributed by atoms with Crippen molar-refractivity contribution in [3.05, 3.63) is 41.0 Å². The van der Waals surface area contributed by atoms with Crippen LogP contribution >= 0.6 is 0 Å². The second-order valence-corrected chi connectivity index (χ2v) is 4.57. The van der Waals surface area contributed by atoms with E-state index < -0.39 is 24.5 Å². The number of hydrogen-bond acceptors (Lipinski definition) is 5. The first kappa shape index (κ1) is 12.9. The third kappa shape index (κ3) is 1.91. The fourth-order valence-corrected chi connectivity index (χ4v) is 2.49. The molecule has 2 aromatic rings. The van der Waals surface area contributed by atoms with Crippen molar-refractivity contribution < 1.29 is 14.9 Å². The van der Waals surface area contributed by atoms with Crippen LogP contribution in [0.3, 0.4) is 0 Å². The number of para-hydroxylation sites is 2. The predicted octanol–water partition coefficient (Wildman–Crippen LogP) is 0.966. The van der Waals surface area contributed by atoms with Gasteiger partial charge in [-0.2, -0.15) is 0 Å². The Morgan fingerprint density at radius 3 is 3.00 bits per heavy atom. The average molecular weight is 275 g/mol. The maximum Gasteiger partial charge on any atom is 0.162 e. The van der Waals surface area contributed by atoms with Gasteiger partial charge in [-0.25, -0.2) is 4.98 Å². The highest BCUT2D eigenvalue weighted by atomic mass is 16.5. The highest BCUT2D eigenvalue weighted by molar-refractivity contribution is 5.75. The summed E-state index contributed by atoms with van der Waals surface area (Å²) in [4.78, 5) is 6.92. The van der Waals surface area contributed by atoms with E-state index >= 15 is 0 Å². The second kappa shape index (κ2) is 5.10. The van der Waals surface area contributed by atoms with Crippen LogP contribution < -0.4 is 0 Å². The average Bonchev–Trinajstić information content (AvgIpc) is 3.02. The number of aromatic nitrogens is 2. The lowest BCUT2D eigenvalue weighted by atomic mass is 10.1. The molecule has 8 nitrogen and oxygen atoms in total. The van der Waals surface area contributed by atoms with E-state index in [0.717, 1.165) is 11.0 Å². The summed E-state index contributed by atoms with van der Waals surface area (Å²) < 4.78 is 7.27. The molecule has 1 aliphatic rings. The Kier molecular flexibility index (Phi) is 3.29. The summed E-state index contributed by atoms with van der Waals surface area (Å²) in [6.45, 7) is -0.329. The molecule has 1 aromatic heterocycles. The van der Waals surface area contributed by atoms with Crippen LogP contribution in [0.4, 0.5) is 0 Å². The number of aliphatic hydroxyl groups is 2. The van der Waals surface area contributed by atoms with Gasteiger partial charge < -0.3 is 19.5 Å². The molecule has 0 saturated carbocycles. The number of fused-ring (bicyclic) bond motifs is 1. The number of benzene rings is 1. The summed E-state index contributed by atoms with van der Waals surface area (Å²) in [5, 5.41) is 23.0. The first-order chi connectivity index (χ1) is 9.76. The molecule has 1 fully saturated rings. The molecule has 2 N–H and O–H groups in total. The van der Waals surface area contributed by atoms with Crippen molar-refractivity contribution in [2.45, 2.75) is 24.5 Å². The van der Waals surface area contributed by atoms with Crippen LogP contribution in [-0.4, -0.2) is 44.6 Å². The molecule has 2 heterocycles. The van der Waals surface area contributed by atoms with Crippen molar-refractivity contribution >= 4 is 11.0 Å². The predicted molar refractivity (Wildman–Crippen MR) is 69.7 cm³/mol. The van der Waals surface area contributed by atoms with Crippen LogP contribution in [-0.2, 0) is 4.74 Å². The molecule has 1 saturated heterocycles. The summed E-state index contributed by atoms with van der Waals surface area (Å²) in [6.07, 6.45) is -0.950. The van der Waals surface area contributed by atoms with Crippen LogP contribution in [0.5, 0.6) is 0 Å². The zero-order chi connectivity index (χ0) is 14.1. The third-order valence-corrected chi connectivity index (χ3v) is 3.46. The minimum atomic E-state index is -1.04. The van der Waals surface area contributed by atoms with Gasteiger partial charge in [0.25, 0.3) is 0 Å². The van der Waals surface area contributed by atoms with E-state index in [-0.39, 0.29) is 6.61 Å². The zero-order valence-corrected chi connectivity index (χ0v) is 10.4. The maximum atomic E-state index is 10.3. The van der Waals surface area contributed by atoms with Crippen LogP contribution in [0, 0.1) is 0 Å². The Labute approximate surface area is 113 Å². The monoisotopic (exact) mass is 275 g/mol. The molecule has 0 spiro atoms. The molecule has 8 heteroatoms. The highest BCUT2D eigenvalue weighted by Gasteiger charge is 2.44. The van der Waals surface area contributed by atoms with Crippen molar-refractivity contribution in [1.82, 2.24) is 9.55 Å². The third-order valence-electron chi connectivity index (χ3n) is 3.46. The largest absolute Gasteiger partial charge is 0.394 e. The SMILES string of the molecule is [N-]=[N+]=N[C@H]1[C@@H](O)[C@H](n2cnc3ccccc32)O[C@@H]1CO. The molecular weight excluding hydrogens is 262 g/mol. The van der Waals surface area contributed by atoms with Gasteiger partial charge in [0.05, 0.1) is 36.1 Å². The second-order valence-electron chi connectivity index (χ2n) is 4.57. The molecule has 0 bridgehead atoms. The Morgan fingerprint density at radius 1 is 1.45 bits per heavy atom. The van der Waals surface area contributed by atoms with Crippen molar-refractivity contribution in [1.29, 1.82) is 0 Å². The topological polar surface area (TPSA) is 116 Å². The lowest BCUT2D eigenvalue weighted by molar-refractivity contribution is -0.0485. The van der Waals surface area contributed by atoms with Gasteiger partial charge in [-0.15, -0.1) is 0 Å². The van der Waals surface area contributed by atoms with E-state index in [1.165, 1.54) is 0 Å². The fraction of sp³-hybridized carbons (Fsp3) is 0.417. The fourth-order valence-electron chi connectivity index (χ4n) is 2.49. The number of imidazole rings is 1. The molecule has 20 heavy (non-hydrogen) atoms. The van der Waals surface area contributed by atoms with Gasteiger partial charge in [-0.3, -0.25) is 0 Å². The van der Waals surface area contributed by atoms with Gasteiger partial charge in [-0.1, -0.05) is 17.2 Å². The van der Waals surface area contributed by atoms with Crippen LogP contribution in [0.1, 0.15) is 6.23 Å². The molecular formula is C12H13N5O3. The number of hydrogen-bond donors (Lipinski definition) is 2. The number of ether oxygens (including phenoxy) is 1. The molecule has 0 unspecified atom stereocenters. The van der Waals surface area contributed by atoms with Crippen molar-refractivity contribution in [2.75, 3.05) is 6.61 Å². The van der Waals surface area contributed by atoms with Crippen molar-refractivity contribution in [3.8, 4) is 0 Å². The maximum absolute atomic E-state index is 10.3. The molecule has 0 aliphatic carbocycles. The van der Waals surface area contributed by atoms with E-state index in [1.54, 1.807) is 10.9 Å². The van der Waals surface area contributed by atoms with E-state index in [9.17, 15) is 10.2 Å². The Bertz CT molecular complexity index is 666. The molecule has 3 rings (SSSR count). The Balaban J connectivity index is 2.00. The summed E-state index contributed by atoms with van der Waals surface area (Å²) >= 11 is 0. The van der Waals surface area contributed by atoms with E-state index in [2.05, 4.69) is 15.0 Å². The minimum absolute atomic E-state index is 0.329. The Hall–Kier alpha value is -2.12. The normalized spacial score (nSPS) is 29.5. The van der Waals surface area contributed by atoms with Gasteiger partial charge >= 0.3 is 0 Å². The zero-order valence-electron chi connectivity index (χ0n) is 10.4. The molecule has 4 atom stereocenters. The standard InChI is InChI=1S/C12H13N5O3/c13-16-15-10-9(5-18)20-12(11(10)19)17-6-14-7-3-1-2-4-8(7)17/h1-4,6,9-12,18-19H,5H2/t9-,10-,11-,12-/m1/s1. The summed E-state index contributed by atoms with van der Waals surface area (Å²) in [5.41, 5.74) is 10.1. The van der Waals surface area contributed by atoms with Gasteiger partial charge in [0.15, 0.2) is 6.23 Å². The summed E-state index contributed by atoms with van der Waals surface area (Å²) in [6, 6.07) is 6.60. The van der Waals surface area contributed by atoms with Crippen LogP contribution in [0.25, 0.3) is 21.5 Å². The van der Waals surface area contributed by atoms with Gasteiger partial charge in [0, 0.05) is 4.91 Å². The Morgan fingerprint density at radius 2 is 2.25 bits per heavy atom. The van der Waals surface area contributed by atoms with E-state index in [1.807, 2.05) is 24.3 Å². The number of aliphatic hydroxyl groups excluding tert-OH is 2. The molecule has 1 aromatic carbocycles. The molecule has 1 aliphatic heterocycles. The highest BCUT2D eigenvalue weighted by Crippen LogP contribution is 2.33. The smallest absolute Gasteiger partial charge is 0.162 e. The van der Waals surface area contributed by atoms with Crippen molar-refractivity contribution in [3.63, 3.8) is 0 Å². The van der Waals surface area contributed by atoms with Crippen LogP contribution in [0.2, 0.25) is 0 Å².